The Morgan fingerprint density at radius 1 is 1.45 bits per heavy atom. The quantitative estimate of drug-likeness (QED) is 0.812. The predicted octanol–water partition coefficient (Wildman–Crippen LogP) is 3.11. The van der Waals surface area contributed by atoms with Crippen molar-refractivity contribution in [2.24, 2.45) is 0 Å². The number of rotatable bonds is 6. The summed E-state index contributed by atoms with van der Waals surface area (Å²) in [6.07, 6.45) is 0. The second kappa shape index (κ2) is 7.67. The van der Waals surface area contributed by atoms with Crippen molar-refractivity contribution in [1.82, 2.24) is 9.59 Å². The molecule has 0 atom stereocenters. The van der Waals surface area contributed by atoms with Gasteiger partial charge in [-0.2, -0.15) is 14.0 Å². The second-order valence-corrected chi connectivity index (χ2v) is 5.30. The molecular formula is C12H8F2N4O2S2. The van der Waals surface area contributed by atoms with Crippen LogP contribution in [0.4, 0.5) is 14.5 Å². The molecule has 1 amide bonds. The van der Waals surface area contributed by atoms with Crippen molar-refractivity contribution < 1.29 is 18.3 Å². The number of nitriles is 1. The normalized spacial score (nSPS) is 10.3. The Hall–Kier alpha value is -2.25. The van der Waals surface area contributed by atoms with Crippen LogP contribution in [0.3, 0.4) is 0 Å². The van der Waals surface area contributed by atoms with Crippen LogP contribution in [0.5, 0.6) is 5.75 Å². The summed E-state index contributed by atoms with van der Waals surface area (Å²) in [5.41, 5.74) is 0.839. The molecule has 114 valence electrons. The van der Waals surface area contributed by atoms with E-state index in [1.54, 1.807) is 0 Å². The average Bonchev–Trinajstić information content (AvgIpc) is 2.95. The zero-order chi connectivity index (χ0) is 15.9. The van der Waals surface area contributed by atoms with E-state index >= 15 is 0 Å². The summed E-state index contributed by atoms with van der Waals surface area (Å²) in [7, 11) is 0. The lowest BCUT2D eigenvalue weighted by Gasteiger charge is -2.07. The van der Waals surface area contributed by atoms with Crippen molar-refractivity contribution in [3.63, 3.8) is 0 Å². The molecule has 0 fully saturated rings. The summed E-state index contributed by atoms with van der Waals surface area (Å²) in [5, 5.41) is 16.8. The summed E-state index contributed by atoms with van der Waals surface area (Å²) in [6, 6.07) is 5.51. The van der Waals surface area contributed by atoms with E-state index in [9.17, 15) is 13.6 Å². The van der Waals surface area contributed by atoms with Gasteiger partial charge in [0.25, 0.3) is 5.91 Å². The fourth-order valence-electron chi connectivity index (χ4n) is 1.48. The third-order valence-corrected chi connectivity index (χ3v) is 3.69. The van der Waals surface area contributed by atoms with Gasteiger partial charge in [0, 0.05) is 5.69 Å². The SMILES string of the molecule is N#CSCc1nnsc1C(=O)Nc1ccc(OC(F)F)cc1. The molecule has 0 radical (unpaired) electrons. The first-order valence-corrected chi connectivity index (χ1v) is 7.54. The Balaban J connectivity index is 2.03. The van der Waals surface area contributed by atoms with Crippen molar-refractivity contribution in [3.8, 4) is 11.2 Å². The molecule has 0 saturated heterocycles. The molecule has 0 bridgehead atoms. The number of halogens is 2. The van der Waals surface area contributed by atoms with Gasteiger partial charge in [-0.25, -0.2) is 0 Å². The van der Waals surface area contributed by atoms with Gasteiger partial charge in [-0.3, -0.25) is 4.79 Å². The van der Waals surface area contributed by atoms with Crippen molar-refractivity contribution in [1.29, 1.82) is 5.26 Å². The molecule has 6 nitrogen and oxygen atoms in total. The highest BCUT2D eigenvalue weighted by Gasteiger charge is 2.16. The van der Waals surface area contributed by atoms with E-state index in [0.29, 0.717) is 16.3 Å². The molecule has 0 spiro atoms. The fraction of sp³-hybridized carbons (Fsp3) is 0.167. The number of carbonyl (C=O) groups is 1. The number of hydrogen-bond acceptors (Lipinski definition) is 7. The number of amides is 1. The van der Waals surface area contributed by atoms with E-state index < -0.39 is 12.5 Å². The van der Waals surface area contributed by atoms with Gasteiger partial charge in [-0.15, -0.1) is 5.10 Å². The van der Waals surface area contributed by atoms with Gasteiger partial charge in [0.15, 0.2) is 0 Å². The number of aromatic nitrogens is 2. The van der Waals surface area contributed by atoms with Crippen LogP contribution in [0.15, 0.2) is 24.3 Å². The van der Waals surface area contributed by atoms with Crippen LogP contribution in [-0.4, -0.2) is 22.1 Å². The van der Waals surface area contributed by atoms with Gasteiger partial charge >= 0.3 is 6.61 Å². The van der Waals surface area contributed by atoms with Gasteiger partial charge in [0.05, 0.1) is 11.4 Å². The number of alkyl halides is 2. The summed E-state index contributed by atoms with van der Waals surface area (Å²) in [5.74, 6) is -0.165. The first kappa shape index (κ1) is 16.1. The Bertz CT molecular complexity index is 685. The van der Waals surface area contributed by atoms with E-state index in [2.05, 4.69) is 19.6 Å². The molecule has 10 heteroatoms. The maximum absolute atomic E-state index is 12.1. The molecule has 1 N–H and O–H groups in total. The van der Waals surface area contributed by atoms with Crippen molar-refractivity contribution in [2.75, 3.05) is 5.32 Å². The molecule has 1 heterocycles. The molecule has 0 aliphatic heterocycles. The third-order valence-electron chi connectivity index (χ3n) is 2.37. The van der Waals surface area contributed by atoms with Gasteiger partial charge in [0.1, 0.15) is 16.0 Å². The number of hydrogen-bond donors (Lipinski definition) is 1. The minimum Gasteiger partial charge on any atom is -0.435 e. The first-order chi connectivity index (χ1) is 10.6. The average molecular weight is 342 g/mol. The van der Waals surface area contributed by atoms with Crippen molar-refractivity contribution in [2.45, 2.75) is 12.4 Å². The molecule has 0 aliphatic carbocycles. The highest BCUT2D eigenvalue weighted by Crippen LogP contribution is 2.21. The first-order valence-electron chi connectivity index (χ1n) is 5.78. The lowest BCUT2D eigenvalue weighted by atomic mass is 10.3. The van der Waals surface area contributed by atoms with E-state index in [-0.39, 0.29) is 11.5 Å². The standard InChI is InChI=1S/C12H8F2N4O2S2/c13-12(14)20-8-3-1-7(2-4-8)16-11(19)10-9(5-21-6-15)17-18-22-10/h1-4,12H,5H2,(H,16,19). The molecular weight excluding hydrogens is 334 g/mol. The third kappa shape index (κ3) is 4.37. The number of nitrogens with one attached hydrogen (secondary N) is 1. The Labute approximate surface area is 132 Å². The summed E-state index contributed by atoms with van der Waals surface area (Å²) < 4.78 is 32.0. The molecule has 2 rings (SSSR count). The smallest absolute Gasteiger partial charge is 0.387 e. The zero-order valence-corrected chi connectivity index (χ0v) is 12.5. The topological polar surface area (TPSA) is 87.9 Å². The molecule has 0 aliphatic rings. The lowest BCUT2D eigenvalue weighted by Crippen LogP contribution is -2.12. The maximum Gasteiger partial charge on any atom is 0.387 e. The van der Waals surface area contributed by atoms with Crippen LogP contribution < -0.4 is 10.1 Å². The minimum atomic E-state index is -2.90. The van der Waals surface area contributed by atoms with Gasteiger partial charge in [0.2, 0.25) is 0 Å². The second-order valence-electron chi connectivity index (χ2n) is 3.79. The lowest BCUT2D eigenvalue weighted by molar-refractivity contribution is -0.0498. The molecule has 2 aromatic rings. The van der Waals surface area contributed by atoms with E-state index in [4.69, 9.17) is 5.26 Å². The number of ether oxygens (including phenoxy) is 1. The molecule has 22 heavy (non-hydrogen) atoms. The largest absolute Gasteiger partial charge is 0.435 e. The maximum atomic E-state index is 12.1. The number of thioether (sulfide) groups is 1. The highest BCUT2D eigenvalue weighted by molar-refractivity contribution is 8.02. The molecule has 1 aromatic heterocycles. The van der Waals surface area contributed by atoms with Crippen LogP contribution in [0.1, 0.15) is 15.4 Å². The minimum absolute atomic E-state index is 0.00133. The highest BCUT2D eigenvalue weighted by atomic mass is 32.2. The Morgan fingerprint density at radius 2 is 2.18 bits per heavy atom. The summed E-state index contributed by atoms with van der Waals surface area (Å²) >= 11 is 1.87. The van der Waals surface area contributed by atoms with Crippen molar-refractivity contribution in [3.05, 3.63) is 34.8 Å². The number of nitrogens with zero attached hydrogens (tertiary/aromatic N) is 3. The fourth-order valence-corrected chi connectivity index (χ4v) is 2.55. The number of thiocyanates is 1. The van der Waals surface area contributed by atoms with Crippen LogP contribution >= 0.6 is 23.3 Å². The zero-order valence-electron chi connectivity index (χ0n) is 10.8. The summed E-state index contributed by atoms with van der Waals surface area (Å²) in [4.78, 5) is 12.4. The molecule has 1 aromatic carbocycles. The Morgan fingerprint density at radius 3 is 2.82 bits per heavy atom. The molecule has 0 unspecified atom stereocenters. The van der Waals surface area contributed by atoms with Gasteiger partial charge < -0.3 is 10.1 Å². The molecule has 0 saturated carbocycles. The van der Waals surface area contributed by atoms with Crippen LogP contribution in [0.2, 0.25) is 0 Å². The number of benzene rings is 1. The summed E-state index contributed by atoms with van der Waals surface area (Å²) in [6.45, 7) is -2.90. The van der Waals surface area contributed by atoms with Crippen molar-refractivity contribution >= 4 is 34.9 Å². The van der Waals surface area contributed by atoms with Gasteiger partial charge in [-0.05, 0) is 47.6 Å². The number of anilines is 1. The van der Waals surface area contributed by atoms with Crippen LogP contribution in [0, 0.1) is 10.7 Å². The monoisotopic (exact) mass is 342 g/mol. The van der Waals surface area contributed by atoms with E-state index in [1.165, 1.54) is 24.3 Å². The van der Waals surface area contributed by atoms with E-state index in [0.717, 1.165) is 23.3 Å². The van der Waals surface area contributed by atoms with E-state index in [1.807, 2.05) is 5.40 Å². The Kier molecular flexibility index (Phi) is 5.62. The van der Waals surface area contributed by atoms with Crippen LogP contribution in [-0.2, 0) is 5.75 Å². The van der Waals surface area contributed by atoms with Gasteiger partial charge in [-0.1, -0.05) is 4.49 Å². The number of carbonyl (C=O) groups excluding carboxylic acids is 1. The predicted molar refractivity (Wildman–Crippen MR) is 77.8 cm³/mol. The van der Waals surface area contributed by atoms with Crippen LogP contribution in [0.25, 0.3) is 0 Å².